The minimum absolute atomic E-state index is 0.196. The molecule has 1 aliphatic heterocycles. The van der Waals surface area contributed by atoms with Crippen molar-refractivity contribution in [1.29, 1.82) is 0 Å². The van der Waals surface area contributed by atoms with Gasteiger partial charge in [-0.1, -0.05) is 0 Å². The van der Waals surface area contributed by atoms with E-state index in [-0.39, 0.29) is 6.10 Å². The highest BCUT2D eigenvalue weighted by atomic mass is 16.3. The number of hydrogen-bond donors (Lipinski definition) is 2. The summed E-state index contributed by atoms with van der Waals surface area (Å²) in [7, 11) is 0. The van der Waals surface area contributed by atoms with Crippen LogP contribution in [0.15, 0.2) is 0 Å². The van der Waals surface area contributed by atoms with Crippen LogP contribution < -0.4 is 5.73 Å². The van der Waals surface area contributed by atoms with E-state index in [0.29, 0.717) is 5.92 Å². The molecule has 3 heteroatoms. The van der Waals surface area contributed by atoms with Crippen LogP contribution in [0.1, 0.15) is 6.92 Å². The second-order valence-electron chi connectivity index (χ2n) is 3.17. The predicted molar refractivity (Wildman–Crippen MR) is 40.7 cm³/mol. The van der Waals surface area contributed by atoms with Crippen molar-refractivity contribution >= 4 is 0 Å². The Balaban J connectivity index is 2.03. The Labute approximate surface area is 61.8 Å². The first-order valence-corrected chi connectivity index (χ1v) is 3.83. The Morgan fingerprint density at radius 3 is 2.70 bits per heavy atom. The normalized spacial score (nSPS) is 24.3. The van der Waals surface area contributed by atoms with Gasteiger partial charge in [0.1, 0.15) is 0 Å². The first kappa shape index (κ1) is 7.98. The third-order valence-corrected chi connectivity index (χ3v) is 1.89. The maximum atomic E-state index is 8.97. The second-order valence-corrected chi connectivity index (χ2v) is 3.17. The lowest BCUT2D eigenvalue weighted by atomic mass is 10.0. The summed E-state index contributed by atoms with van der Waals surface area (Å²) in [4.78, 5) is 2.22. The number of aliphatic hydroxyl groups is 1. The molecule has 1 aliphatic rings. The second kappa shape index (κ2) is 3.32. The number of likely N-dealkylation sites (tertiary alicyclic amines) is 1. The summed E-state index contributed by atoms with van der Waals surface area (Å²) in [5, 5.41) is 8.97. The molecular weight excluding hydrogens is 128 g/mol. The molecule has 0 aromatic carbocycles. The Morgan fingerprint density at radius 1 is 1.70 bits per heavy atom. The largest absolute Gasteiger partial charge is 0.392 e. The number of aliphatic hydroxyl groups excluding tert-OH is 1. The maximum absolute atomic E-state index is 8.97. The van der Waals surface area contributed by atoms with E-state index < -0.39 is 0 Å². The molecule has 3 N–H and O–H groups in total. The Hall–Kier alpha value is -0.120. The van der Waals surface area contributed by atoms with Crippen LogP contribution in [0.2, 0.25) is 0 Å². The number of rotatable bonds is 3. The van der Waals surface area contributed by atoms with Crippen LogP contribution in [0, 0.1) is 5.92 Å². The van der Waals surface area contributed by atoms with Crippen LogP contribution >= 0.6 is 0 Å². The van der Waals surface area contributed by atoms with Crippen LogP contribution in [0.4, 0.5) is 0 Å². The molecule has 0 amide bonds. The van der Waals surface area contributed by atoms with Crippen LogP contribution in [0.3, 0.4) is 0 Å². The Morgan fingerprint density at radius 2 is 2.30 bits per heavy atom. The molecule has 0 saturated carbocycles. The molecular formula is C7H16N2O. The maximum Gasteiger partial charge on any atom is 0.0639 e. The summed E-state index contributed by atoms with van der Waals surface area (Å²) >= 11 is 0. The van der Waals surface area contributed by atoms with Crippen molar-refractivity contribution in [2.45, 2.75) is 13.0 Å². The average Bonchev–Trinajstić information content (AvgIpc) is 1.76. The van der Waals surface area contributed by atoms with Gasteiger partial charge in [-0.15, -0.1) is 0 Å². The highest BCUT2D eigenvalue weighted by Gasteiger charge is 2.25. The summed E-state index contributed by atoms with van der Waals surface area (Å²) in [6.45, 7) is 5.55. The summed E-state index contributed by atoms with van der Waals surface area (Å²) in [6.07, 6.45) is -0.196. The lowest BCUT2D eigenvalue weighted by molar-refractivity contribution is 0.0508. The Bertz CT molecular complexity index is 99.8. The molecule has 0 bridgehead atoms. The van der Waals surface area contributed by atoms with Crippen molar-refractivity contribution in [2.24, 2.45) is 11.7 Å². The molecule has 0 aromatic heterocycles. The van der Waals surface area contributed by atoms with Gasteiger partial charge in [0.2, 0.25) is 0 Å². The van der Waals surface area contributed by atoms with E-state index in [4.69, 9.17) is 10.8 Å². The molecule has 10 heavy (non-hydrogen) atoms. The third-order valence-electron chi connectivity index (χ3n) is 1.89. The molecule has 0 aromatic rings. The number of β-amino-alcohol motifs (C(OH)–C–C–N with tert-alkyl or cyclic N) is 1. The van der Waals surface area contributed by atoms with Gasteiger partial charge in [-0.05, 0) is 19.4 Å². The standard InChI is InChI=1S/C7H16N2O/c1-6(10)3-9-4-7(2-8)5-9/h6-7,10H,2-5,8H2,1H3. The summed E-state index contributed by atoms with van der Waals surface area (Å²) in [6, 6.07) is 0. The minimum atomic E-state index is -0.196. The van der Waals surface area contributed by atoms with E-state index in [0.717, 1.165) is 26.2 Å². The third kappa shape index (κ3) is 1.94. The molecule has 60 valence electrons. The van der Waals surface area contributed by atoms with Crippen molar-refractivity contribution in [2.75, 3.05) is 26.2 Å². The molecule has 0 aliphatic carbocycles. The smallest absolute Gasteiger partial charge is 0.0639 e. The van der Waals surface area contributed by atoms with Crippen molar-refractivity contribution in [3.8, 4) is 0 Å². The highest BCUT2D eigenvalue weighted by molar-refractivity contribution is 4.80. The summed E-state index contributed by atoms with van der Waals surface area (Å²) in [5.74, 6) is 0.679. The lowest BCUT2D eigenvalue weighted by Gasteiger charge is -2.39. The summed E-state index contributed by atoms with van der Waals surface area (Å²) in [5.41, 5.74) is 5.44. The molecule has 1 atom stereocenters. The van der Waals surface area contributed by atoms with Gasteiger partial charge in [0, 0.05) is 19.6 Å². The van der Waals surface area contributed by atoms with E-state index in [2.05, 4.69) is 4.90 Å². The van der Waals surface area contributed by atoms with Gasteiger partial charge in [-0.3, -0.25) is 0 Å². The number of nitrogens with zero attached hydrogens (tertiary/aromatic N) is 1. The number of hydrogen-bond acceptors (Lipinski definition) is 3. The van der Waals surface area contributed by atoms with E-state index in [1.807, 2.05) is 6.92 Å². The van der Waals surface area contributed by atoms with E-state index in [1.165, 1.54) is 0 Å². The zero-order valence-electron chi connectivity index (χ0n) is 6.45. The Kier molecular flexibility index (Phi) is 2.65. The zero-order chi connectivity index (χ0) is 7.56. The van der Waals surface area contributed by atoms with E-state index in [9.17, 15) is 0 Å². The quantitative estimate of drug-likeness (QED) is 0.548. The first-order valence-electron chi connectivity index (χ1n) is 3.83. The van der Waals surface area contributed by atoms with Gasteiger partial charge in [-0.25, -0.2) is 0 Å². The van der Waals surface area contributed by atoms with Crippen LogP contribution in [-0.4, -0.2) is 42.3 Å². The molecule has 0 spiro atoms. The van der Waals surface area contributed by atoms with Gasteiger partial charge in [0.15, 0.2) is 0 Å². The van der Waals surface area contributed by atoms with Crippen molar-refractivity contribution in [3.05, 3.63) is 0 Å². The predicted octanol–water partition coefficient (Wildman–Crippen LogP) is -0.742. The fourth-order valence-electron chi connectivity index (χ4n) is 1.35. The van der Waals surface area contributed by atoms with Crippen molar-refractivity contribution < 1.29 is 5.11 Å². The topological polar surface area (TPSA) is 49.5 Å². The van der Waals surface area contributed by atoms with Gasteiger partial charge in [0.05, 0.1) is 6.10 Å². The fraction of sp³-hybridized carbons (Fsp3) is 1.00. The minimum Gasteiger partial charge on any atom is -0.392 e. The molecule has 1 heterocycles. The molecule has 0 radical (unpaired) electrons. The van der Waals surface area contributed by atoms with Crippen LogP contribution in [0.25, 0.3) is 0 Å². The molecule has 1 fully saturated rings. The summed E-state index contributed by atoms with van der Waals surface area (Å²) < 4.78 is 0. The van der Waals surface area contributed by atoms with Crippen LogP contribution in [-0.2, 0) is 0 Å². The van der Waals surface area contributed by atoms with Gasteiger partial charge in [0.25, 0.3) is 0 Å². The monoisotopic (exact) mass is 144 g/mol. The fourth-order valence-corrected chi connectivity index (χ4v) is 1.35. The lowest BCUT2D eigenvalue weighted by Crippen LogP contribution is -2.51. The van der Waals surface area contributed by atoms with Crippen molar-refractivity contribution in [3.63, 3.8) is 0 Å². The molecule has 3 nitrogen and oxygen atoms in total. The highest BCUT2D eigenvalue weighted by Crippen LogP contribution is 2.13. The first-order chi connectivity index (χ1) is 4.72. The van der Waals surface area contributed by atoms with Crippen molar-refractivity contribution in [1.82, 2.24) is 4.90 Å². The molecule has 1 saturated heterocycles. The van der Waals surface area contributed by atoms with Gasteiger partial charge in [-0.2, -0.15) is 0 Å². The molecule has 1 rings (SSSR count). The molecule has 1 unspecified atom stereocenters. The SMILES string of the molecule is CC(O)CN1CC(CN)C1. The van der Waals surface area contributed by atoms with Crippen LogP contribution in [0.5, 0.6) is 0 Å². The average molecular weight is 144 g/mol. The van der Waals surface area contributed by atoms with E-state index >= 15 is 0 Å². The van der Waals surface area contributed by atoms with Gasteiger partial charge >= 0.3 is 0 Å². The number of nitrogens with two attached hydrogens (primary N) is 1. The zero-order valence-corrected chi connectivity index (χ0v) is 6.45. The van der Waals surface area contributed by atoms with Gasteiger partial charge < -0.3 is 15.7 Å². The van der Waals surface area contributed by atoms with E-state index in [1.54, 1.807) is 0 Å².